The van der Waals surface area contributed by atoms with Gasteiger partial charge in [0, 0.05) is 23.0 Å². The van der Waals surface area contributed by atoms with E-state index in [0.717, 1.165) is 72.3 Å². The molecule has 0 fully saturated rings. The Morgan fingerprint density at radius 3 is 0.854 bits per heavy atom. The van der Waals surface area contributed by atoms with Crippen LogP contribution in [0.4, 0.5) is 0 Å². The van der Waals surface area contributed by atoms with Crippen LogP contribution in [-0.2, 0) is 63.6 Å². The molecule has 434 valence electrons. The molecule has 0 bridgehead atoms. The monoisotopic (exact) mass is 1130 g/mol. The molecule has 1 atom stereocenters. The number of carbonyl (C=O) groups is 6. The van der Waals surface area contributed by atoms with Gasteiger partial charge in [0.1, 0.15) is 34.5 Å². The van der Waals surface area contributed by atoms with Crippen molar-refractivity contribution in [1.82, 2.24) is 0 Å². The van der Waals surface area contributed by atoms with Gasteiger partial charge in [0.15, 0.2) is 39.6 Å². The van der Waals surface area contributed by atoms with Crippen molar-refractivity contribution in [3.8, 4) is 34.5 Å². The average molecular weight is 1130 g/mol. The van der Waals surface area contributed by atoms with Crippen LogP contribution in [0, 0.1) is 48.5 Å². The number of hydrogen-bond acceptors (Lipinski definition) is 18. The second-order valence-electron chi connectivity index (χ2n) is 19.5. The fourth-order valence-electron chi connectivity index (χ4n) is 9.77. The van der Waals surface area contributed by atoms with Crippen molar-refractivity contribution in [1.29, 1.82) is 0 Å². The zero-order valence-electron chi connectivity index (χ0n) is 48.6. The molecule has 1 unspecified atom stereocenters. The van der Waals surface area contributed by atoms with Crippen molar-refractivity contribution in [3.05, 3.63) is 174 Å². The van der Waals surface area contributed by atoms with Crippen molar-refractivity contribution in [3.63, 3.8) is 0 Å². The number of carbonyl (C=O) groups excluding carboxylic acids is 6. The number of ether oxygens (including phenoxy) is 12. The SMILES string of the molecule is COC(=O)COc1ccc(C(c2cc(C)c(OCC(=O)OC)c(C)c2)c2cc(Cc3ccc(OCC(=O)OC)c(C(c4cc(C)c(OCC(=O)OC)c(C)c4)c4cc(C)c(OCC(=O)OC)c(C)c4)c3)ccc2OCC(=O)OC)cc1C. The normalized spacial score (nSPS) is 11.2. The molecule has 0 aliphatic carbocycles. The van der Waals surface area contributed by atoms with Gasteiger partial charge in [-0.15, -0.1) is 0 Å². The Labute approximate surface area is 477 Å². The Hall–Kier alpha value is -9.06. The average Bonchev–Trinajstić information content (AvgIpc) is 3.63. The second kappa shape index (κ2) is 28.9. The van der Waals surface area contributed by atoms with E-state index in [1.54, 1.807) is 6.07 Å². The summed E-state index contributed by atoms with van der Waals surface area (Å²) >= 11 is 0. The highest BCUT2D eigenvalue weighted by atomic mass is 16.6. The van der Waals surface area contributed by atoms with Crippen LogP contribution in [0.25, 0.3) is 0 Å². The molecule has 0 N–H and O–H groups in total. The largest absolute Gasteiger partial charge is 0.482 e. The summed E-state index contributed by atoms with van der Waals surface area (Å²) in [5.41, 5.74) is 11.5. The first-order valence-electron chi connectivity index (χ1n) is 26.1. The third-order valence-corrected chi connectivity index (χ3v) is 13.6. The molecule has 0 radical (unpaired) electrons. The summed E-state index contributed by atoms with van der Waals surface area (Å²) in [4.78, 5) is 74.2. The predicted octanol–water partition coefficient (Wildman–Crippen LogP) is 9.11. The van der Waals surface area contributed by atoms with E-state index in [9.17, 15) is 28.8 Å². The molecular formula is C64H70O18. The van der Waals surface area contributed by atoms with E-state index < -0.39 is 47.7 Å². The molecule has 0 spiro atoms. The van der Waals surface area contributed by atoms with E-state index in [-0.39, 0.29) is 39.6 Å². The number of rotatable bonds is 26. The Kier molecular flexibility index (Phi) is 21.9. The molecule has 0 saturated carbocycles. The lowest BCUT2D eigenvalue weighted by molar-refractivity contribution is -0.143. The quantitative estimate of drug-likeness (QED) is 0.0281. The van der Waals surface area contributed by atoms with Crippen LogP contribution < -0.4 is 28.4 Å². The molecule has 6 aromatic rings. The highest BCUT2D eigenvalue weighted by Gasteiger charge is 2.28. The predicted molar refractivity (Wildman–Crippen MR) is 302 cm³/mol. The Balaban J connectivity index is 1.58. The zero-order chi connectivity index (χ0) is 59.8. The highest BCUT2D eigenvalue weighted by Crippen LogP contribution is 2.45. The maximum absolute atomic E-state index is 12.7. The first-order chi connectivity index (χ1) is 39.2. The molecule has 18 nitrogen and oxygen atoms in total. The second-order valence-corrected chi connectivity index (χ2v) is 19.5. The van der Waals surface area contributed by atoms with Gasteiger partial charge < -0.3 is 56.8 Å². The molecular weight excluding hydrogens is 1060 g/mol. The van der Waals surface area contributed by atoms with E-state index in [1.807, 2.05) is 133 Å². The van der Waals surface area contributed by atoms with Gasteiger partial charge in [0.25, 0.3) is 0 Å². The zero-order valence-corrected chi connectivity index (χ0v) is 48.6. The molecule has 82 heavy (non-hydrogen) atoms. The summed E-state index contributed by atoms with van der Waals surface area (Å²) in [6.45, 7) is 11.2. The standard InChI is InChI=1S/C64H70O18/c1-36-20-45(16-19-51(36)77-30-54(65)71-8)60(46-21-37(2)62(38(3)22-46)80-33-57(68)74-11)49-28-43(14-17-52(49)78-31-55(66)72-9)27-44-15-18-53(79-32-56(67)73-10)50(29-44)61(47-23-39(4)63(40(5)24-47)81-34-58(69)75-12)48-25-41(6)64(42(7)26-48)82-35-59(70)76-13/h14-26,28-29,60-61H,27,30-35H2,1-13H3. The smallest absolute Gasteiger partial charge is 0.343 e. The van der Waals surface area contributed by atoms with Gasteiger partial charge in [-0.05, 0) is 145 Å². The maximum Gasteiger partial charge on any atom is 0.343 e. The van der Waals surface area contributed by atoms with Gasteiger partial charge in [-0.25, -0.2) is 28.8 Å². The molecule has 0 amide bonds. The molecule has 0 aliphatic heterocycles. The molecule has 0 aliphatic rings. The summed E-state index contributed by atoms with van der Waals surface area (Å²) in [7, 11) is 7.73. The van der Waals surface area contributed by atoms with E-state index in [2.05, 4.69) is 0 Å². The minimum absolute atomic E-state index is 0.292. The summed E-state index contributed by atoms with van der Waals surface area (Å²) in [6.07, 6.45) is 0.350. The third kappa shape index (κ3) is 15.9. The van der Waals surface area contributed by atoms with Crippen molar-refractivity contribution in [2.75, 3.05) is 82.3 Å². The van der Waals surface area contributed by atoms with Gasteiger partial charge >= 0.3 is 35.8 Å². The van der Waals surface area contributed by atoms with Gasteiger partial charge in [0.2, 0.25) is 0 Å². The third-order valence-electron chi connectivity index (χ3n) is 13.6. The summed E-state index contributed by atoms with van der Waals surface area (Å²) < 4.78 is 65.8. The highest BCUT2D eigenvalue weighted by molar-refractivity contribution is 5.74. The molecule has 0 heterocycles. The fraction of sp³-hybridized carbons (Fsp3) is 0.344. The summed E-state index contributed by atoms with van der Waals surface area (Å²) in [6, 6.07) is 29.0. The number of esters is 6. The van der Waals surface area contributed by atoms with Crippen LogP contribution in [0.5, 0.6) is 34.5 Å². The van der Waals surface area contributed by atoms with Crippen LogP contribution >= 0.6 is 0 Å². The number of benzene rings is 6. The Morgan fingerprint density at radius 1 is 0.305 bits per heavy atom. The fourth-order valence-corrected chi connectivity index (χ4v) is 9.77. The minimum atomic E-state index is -0.590. The lowest BCUT2D eigenvalue weighted by atomic mass is 9.80. The number of aryl methyl sites for hydroxylation is 7. The van der Waals surface area contributed by atoms with Crippen LogP contribution in [0.15, 0.2) is 91.0 Å². The summed E-state index contributed by atoms with van der Waals surface area (Å²) in [5, 5.41) is 0. The molecule has 0 aromatic heterocycles. The maximum atomic E-state index is 12.7. The lowest BCUT2D eigenvalue weighted by Crippen LogP contribution is -2.16. The molecule has 0 saturated heterocycles. The van der Waals surface area contributed by atoms with Crippen LogP contribution in [0.3, 0.4) is 0 Å². The van der Waals surface area contributed by atoms with E-state index in [1.165, 1.54) is 42.7 Å². The van der Waals surface area contributed by atoms with Gasteiger partial charge in [-0.1, -0.05) is 72.8 Å². The minimum Gasteiger partial charge on any atom is -0.482 e. The first-order valence-corrected chi connectivity index (χ1v) is 26.1. The number of methoxy groups -OCH3 is 6. The van der Waals surface area contributed by atoms with Crippen molar-refractivity contribution < 1.29 is 85.6 Å². The topological polar surface area (TPSA) is 213 Å². The van der Waals surface area contributed by atoms with Gasteiger partial charge in [-0.3, -0.25) is 0 Å². The van der Waals surface area contributed by atoms with Crippen LogP contribution in [0.2, 0.25) is 0 Å². The van der Waals surface area contributed by atoms with Crippen LogP contribution in [0.1, 0.15) is 95.3 Å². The van der Waals surface area contributed by atoms with E-state index >= 15 is 0 Å². The summed E-state index contributed by atoms with van der Waals surface area (Å²) in [5.74, 6) is -1.66. The van der Waals surface area contributed by atoms with Crippen LogP contribution in [-0.4, -0.2) is 118 Å². The number of hydrogen-bond donors (Lipinski definition) is 0. The molecule has 6 aromatic carbocycles. The molecule has 6 rings (SSSR count). The van der Waals surface area contributed by atoms with Crippen molar-refractivity contribution >= 4 is 35.8 Å². The lowest BCUT2D eigenvalue weighted by Gasteiger charge is -2.26. The van der Waals surface area contributed by atoms with Crippen molar-refractivity contribution in [2.24, 2.45) is 0 Å². The Morgan fingerprint density at radius 2 is 0.561 bits per heavy atom. The molecule has 18 heteroatoms. The van der Waals surface area contributed by atoms with Gasteiger partial charge in [0.05, 0.1) is 42.7 Å². The van der Waals surface area contributed by atoms with Crippen molar-refractivity contribution in [2.45, 2.75) is 66.7 Å². The van der Waals surface area contributed by atoms with E-state index in [0.29, 0.717) is 52.0 Å². The van der Waals surface area contributed by atoms with E-state index in [4.69, 9.17) is 56.8 Å². The first kappa shape index (κ1) is 62.1. The van der Waals surface area contributed by atoms with Gasteiger partial charge in [-0.2, -0.15) is 0 Å². The Bertz CT molecular complexity index is 3180.